The highest BCUT2D eigenvalue weighted by Crippen LogP contribution is 2.66. The zero-order valence-corrected chi connectivity index (χ0v) is 22.2. The topological polar surface area (TPSA) is 87.2 Å². The van der Waals surface area contributed by atoms with Crippen molar-refractivity contribution in [2.75, 3.05) is 26.3 Å². The van der Waals surface area contributed by atoms with Gasteiger partial charge in [-0.25, -0.2) is 0 Å². The lowest BCUT2D eigenvalue weighted by atomic mass is 9.71. The third-order valence-corrected chi connectivity index (χ3v) is 9.74. The smallest absolute Gasteiger partial charge is 0.310 e. The van der Waals surface area contributed by atoms with E-state index in [4.69, 9.17) is 4.74 Å². The number of hydrogen-bond acceptors (Lipinski definition) is 6. The zero-order chi connectivity index (χ0) is 26.4. The number of benzene rings is 1. The summed E-state index contributed by atoms with van der Waals surface area (Å²) in [4.78, 5) is 44.7. The quantitative estimate of drug-likeness (QED) is 0.227. The molecule has 1 aromatic carbocycles. The van der Waals surface area contributed by atoms with E-state index >= 15 is 0 Å². The Bertz CT molecular complexity index is 1000. The molecule has 3 saturated heterocycles. The van der Waals surface area contributed by atoms with Gasteiger partial charge in [0.05, 0.1) is 23.2 Å². The molecule has 8 heteroatoms. The highest BCUT2D eigenvalue weighted by molar-refractivity contribution is 8.02. The fourth-order valence-corrected chi connectivity index (χ4v) is 8.41. The standard InChI is InChI=1S/C29H38N2O5S/c1-3-5-6-10-19-36-28(35)23-22-14-15-29(37-22)24(23)26(33)31(17-11-18-32)25(29)27(34)30(16-4-2)20-21-12-8-7-9-13-21/h3-4,7-9,12-13,22-25,32H,1-2,5-6,10-11,14-20H2/t22-,23+,24-,25?,29?/m0/s1. The third kappa shape index (κ3) is 5.36. The van der Waals surface area contributed by atoms with E-state index in [1.54, 1.807) is 27.6 Å². The first-order valence-electron chi connectivity index (χ1n) is 13.3. The lowest BCUT2D eigenvalue weighted by molar-refractivity contribution is -0.154. The molecule has 3 fully saturated rings. The van der Waals surface area contributed by atoms with E-state index in [9.17, 15) is 19.5 Å². The SMILES string of the molecule is C=CCCCCOC(=O)[C@@H]1[C@@H]2CCC3(S2)C(C(=O)N(CC=C)Cc2ccccc2)N(CCCO)C(=O)[C@H]13. The Morgan fingerprint density at radius 1 is 1.19 bits per heavy atom. The number of likely N-dealkylation sites (tertiary alicyclic amines) is 1. The van der Waals surface area contributed by atoms with Gasteiger partial charge in [0.15, 0.2) is 0 Å². The second kappa shape index (κ2) is 12.3. The molecular weight excluding hydrogens is 488 g/mol. The van der Waals surface area contributed by atoms with Crippen molar-refractivity contribution >= 4 is 29.5 Å². The number of carbonyl (C=O) groups excluding carboxylic acids is 3. The van der Waals surface area contributed by atoms with Crippen molar-refractivity contribution in [3.8, 4) is 0 Å². The number of carbonyl (C=O) groups is 3. The maximum atomic E-state index is 14.2. The lowest BCUT2D eigenvalue weighted by Gasteiger charge is -2.37. The molecule has 4 rings (SSSR count). The molecule has 0 aromatic heterocycles. The van der Waals surface area contributed by atoms with Crippen LogP contribution in [0.15, 0.2) is 55.6 Å². The first-order valence-corrected chi connectivity index (χ1v) is 14.2. The minimum atomic E-state index is -0.680. The molecule has 3 aliphatic heterocycles. The second-order valence-electron chi connectivity index (χ2n) is 10.1. The van der Waals surface area contributed by atoms with Crippen LogP contribution in [0, 0.1) is 11.8 Å². The van der Waals surface area contributed by atoms with Gasteiger partial charge in [-0.2, -0.15) is 0 Å². The first kappa shape index (κ1) is 27.5. The predicted octanol–water partition coefficient (Wildman–Crippen LogP) is 3.57. The Hall–Kier alpha value is -2.58. The number of esters is 1. The number of ether oxygens (including phenoxy) is 1. The van der Waals surface area contributed by atoms with Crippen LogP contribution in [0.3, 0.4) is 0 Å². The van der Waals surface area contributed by atoms with E-state index in [-0.39, 0.29) is 36.2 Å². The Labute approximate surface area is 223 Å². The fourth-order valence-electron chi connectivity index (χ4n) is 6.21. The van der Waals surface area contributed by atoms with Crippen LogP contribution in [0.5, 0.6) is 0 Å². The molecule has 3 aliphatic rings. The van der Waals surface area contributed by atoms with Crippen molar-refractivity contribution in [3.05, 3.63) is 61.2 Å². The molecular formula is C29H38N2O5S. The van der Waals surface area contributed by atoms with Gasteiger partial charge in [0.25, 0.3) is 0 Å². The Morgan fingerprint density at radius 2 is 1.97 bits per heavy atom. The molecule has 0 radical (unpaired) electrons. The number of fused-ring (bicyclic) bond motifs is 1. The molecule has 5 atom stereocenters. The molecule has 7 nitrogen and oxygen atoms in total. The summed E-state index contributed by atoms with van der Waals surface area (Å²) in [5.74, 6) is -1.72. The Kier molecular flexibility index (Phi) is 9.13. The van der Waals surface area contributed by atoms with Gasteiger partial charge in [-0.05, 0) is 44.1 Å². The highest BCUT2D eigenvalue weighted by Gasteiger charge is 2.74. The van der Waals surface area contributed by atoms with Crippen LogP contribution in [-0.2, 0) is 25.7 Å². The van der Waals surface area contributed by atoms with Crippen molar-refractivity contribution in [1.29, 1.82) is 0 Å². The van der Waals surface area contributed by atoms with Gasteiger partial charge >= 0.3 is 5.97 Å². The molecule has 1 N–H and O–H groups in total. The minimum Gasteiger partial charge on any atom is -0.465 e. The van der Waals surface area contributed by atoms with Gasteiger partial charge in [0.2, 0.25) is 11.8 Å². The van der Waals surface area contributed by atoms with Crippen LogP contribution in [0.4, 0.5) is 0 Å². The number of nitrogens with zero attached hydrogens (tertiary/aromatic N) is 2. The lowest BCUT2D eigenvalue weighted by Crippen LogP contribution is -2.54. The van der Waals surface area contributed by atoms with Gasteiger partial charge in [0, 0.05) is 31.5 Å². The largest absolute Gasteiger partial charge is 0.465 e. The van der Waals surface area contributed by atoms with Gasteiger partial charge < -0.3 is 19.6 Å². The van der Waals surface area contributed by atoms with E-state index in [0.29, 0.717) is 32.5 Å². The predicted molar refractivity (Wildman–Crippen MR) is 145 cm³/mol. The summed E-state index contributed by atoms with van der Waals surface area (Å²) in [5, 5.41) is 9.50. The molecule has 2 bridgehead atoms. The summed E-state index contributed by atoms with van der Waals surface area (Å²) in [7, 11) is 0. The summed E-state index contributed by atoms with van der Waals surface area (Å²) >= 11 is 1.64. The summed E-state index contributed by atoms with van der Waals surface area (Å²) in [6.45, 7) is 8.88. The molecule has 37 heavy (non-hydrogen) atoms. The van der Waals surface area contributed by atoms with E-state index in [2.05, 4.69) is 13.2 Å². The molecule has 1 spiro atoms. The maximum Gasteiger partial charge on any atom is 0.310 e. The number of rotatable bonds is 14. The number of aliphatic hydroxyl groups excluding tert-OH is 1. The average molecular weight is 527 g/mol. The molecule has 1 aromatic rings. The highest BCUT2D eigenvalue weighted by atomic mass is 32.2. The normalized spacial score (nSPS) is 27.7. The second-order valence-corrected chi connectivity index (χ2v) is 11.7. The van der Waals surface area contributed by atoms with Crippen LogP contribution in [-0.4, -0.2) is 75.0 Å². The number of unbranched alkanes of at least 4 members (excludes halogenated alkanes) is 2. The molecule has 0 saturated carbocycles. The van der Waals surface area contributed by atoms with E-state index in [0.717, 1.165) is 31.2 Å². The van der Waals surface area contributed by atoms with Crippen molar-refractivity contribution in [1.82, 2.24) is 9.80 Å². The van der Waals surface area contributed by atoms with Gasteiger partial charge in [-0.15, -0.1) is 24.9 Å². The van der Waals surface area contributed by atoms with Gasteiger partial charge in [-0.1, -0.05) is 42.5 Å². The maximum absolute atomic E-state index is 14.2. The van der Waals surface area contributed by atoms with Crippen LogP contribution in [0.2, 0.25) is 0 Å². The summed E-state index contributed by atoms with van der Waals surface area (Å²) in [5.41, 5.74) is 0.999. The molecule has 2 unspecified atom stereocenters. The zero-order valence-electron chi connectivity index (χ0n) is 21.4. The van der Waals surface area contributed by atoms with Crippen molar-refractivity contribution in [3.63, 3.8) is 0 Å². The van der Waals surface area contributed by atoms with E-state index in [1.165, 1.54) is 0 Å². The average Bonchev–Trinajstić information content (AvgIpc) is 3.54. The number of allylic oxidation sites excluding steroid dienone is 1. The van der Waals surface area contributed by atoms with Crippen LogP contribution in [0.1, 0.15) is 44.1 Å². The van der Waals surface area contributed by atoms with E-state index < -0.39 is 22.6 Å². The van der Waals surface area contributed by atoms with Crippen molar-refractivity contribution in [2.45, 2.75) is 61.1 Å². The van der Waals surface area contributed by atoms with Gasteiger partial charge in [-0.3, -0.25) is 14.4 Å². The molecule has 0 aliphatic carbocycles. The molecule has 200 valence electrons. The molecule has 2 amide bonds. The number of thioether (sulfide) groups is 1. The number of amides is 2. The van der Waals surface area contributed by atoms with E-state index in [1.807, 2.05) is 36.4 Å². The fraction of sp³-hybridized carbons (Fsp3) is 0.552. The van der Waals surface area contributed by atoms with Crippen LogP contribution < -0.4 is 0 Å². The Morgan fingerprint density at radius 3 is 2.68 bits per heavy atom. The monoisotopic (exact) mass is 526 g/mol. The van der Waals surface area contributed by atoms with Crippen LogP contribution in [0.25, 0.3) is 0 Å². The Balaban J connectivity index is 1.60. The number of aliphatic hydroxyl groups is 1. The third-order valence-electron chi connectivity index (χ3n) is 7.79. The summed E-state index contributed by atoms with van der Waals surface area (Å²) < 4.78 is 4.99. The van der Waals surface area contributed by atoms with Crippen LogP contribution >= 0.6 is 11.8 Å². The summed E-state index contributed by atoms with van der Waals surface area (Å²) in [6, 6.07) is 9.09. The van der Waals surface area contributed by atoms with Gasteiger partial charge in [0.1, 0.15) is 6.04 Å². The summed E-state index contributed by atoms with van der Waals surface area (Å²) in [6.07, 6.45) is 7.95. The van der Waals surface area contributed by atoms with Crippen molar-refractivity contribution in [2.24, 2.45) is 11.8 Å². The first-order chi connectivity index (χ1) is 18.0. The molecule has 3 heterocycles. The minimum absolute atomic E-state index is 0.0214. The number of hydrogen-bond donors (Lipinski definition) is 1. The van der Waals surface area contributed by atoms with Crippen molar-refractivity contribution < 1.29 is 24.2 Å².